The Hall–Kier alpha value is -2.35. The molecular formula is C15H10Cl2N4O2S. The summed E-state index contributed by atoms with van der Waals surface area (Å²) in [6.07, 6.45) is 0. The Morgan fingerprint density at radius 3 is 2.50 bits per heavy atom. The first-order valence-corrected chi connectivity index (χ1v) is 7.88. The number of rotatable bonds is 2. The van der Waals surface area contributed by atoms with Crippen molar-refractivity contribution in [1.29, 1.82) is 0 Å². The quantitative estimate of drug-likeness (QED) is 0.513. The molecule has 0 aliphatic heterocycles. The van der Waals surface area contributed by atoms with E-state index in [0.717, 1.165) is 0 Å². The third-order valence-corrected chi connectivity index (χ3v) is 4.13. The maximum absolute atomic E-state index is 12.1. The molecule has 2 aromatic carbocycles. The highest BCUT2D eigenvalue weighted by atomic mass is 35.5. The summed E-state index contributed by atoms with van der Waals surface area (Å²) in [6, 6.07) is 9.68. The third-order valence-electron chi connectivity index (χ3n) is 3.18. The van der Waals surface area contributed by atoms with Crippen molar-refractivity contribution < 1.29 is 4.79 Å². The molecule has 0 bridgehead atoms. The molecule has 24 heavy (non-hydrogen) atoms. The first-order chi connectivity index (χ1) is 11.4. The Balaban J connectivity index is 1.70. The predicted molar refractivity (Wildman–Crippen MR) is 99.1 cm³/mol. The molecule has 0 saturated carbocycles. The summed E-state index contributed by atoms with van der Waals surface area (Å²) in [5, 5.41) is 6.18. The summed E-state index contributed by atoms with van der Waals surface area (Å²) >= 11 is 16.8. The maximum atomic E-state index is 12.1. The summed E-state index contributed by atoms with van der Waals surface area (Å²) in [7, 11) is 0. The molecule has 0 aliphatic carbocycles. The van der Waals surface area contributed by atoms with Crippen molar-refractivity contribution in [1.82, 2.24) is 15.3 Å². The monoisotopic (exact) mass is 380 g/mol. The van der Waals surface area contributed by atoms with Gasteiger partial charge in [0.25, 0.3) is 5.91 Å². The smallest absolute Gasteiger partial charge is 0.323 e. The maximum Gasteiger partial charge on any atom is 0.323 e. The van der Waals surface area contributed by atoms with Crippen LogP contribution in [0.5, 0.6) is 0 Å². The number of amides is 1. The lowest BCUT2D eigenvalue weighted by Gasteiger charge is -2.10. The van der Waals surface area contributed by atoms with E-state index in [1.807, 2.05) is 0 Å². The first-order valence-electron chi connectivity index (χ1n) is 6.72. The summed E-state index contributed by atoms with van der Waals surface area (Å²) in [5.74, 6) is -0.415. The first kappa shape index (κ1) is 16.5. The lowest BCUT2D eigenvalue weighted by Crippen LogP contribution is -2.34. The van der Waals surface area contributed by atoms with E-state index in [-0.39, 0.29) is 15.8 Å². The fourth-order valence-corrected chi connectivity index (χ4v) is 2.59. The number of aromatic amines is 2. The number of halogens is 2. The molecule has 0 aliphatic rings. The molecule has 9 heteroatoms. The van der Waals surface area contributed by atoms with Crippen LogP contribution < -0.4 is 16.3 Å². The van der Waals surface area contributed by atoms with Crippen LogP contribution in [0.25, 0.3) is 11.0 Å². The van der Waals surface area contributed by atoms with E-state index < -0.39 is 5.91 Å². The molecule has 4 N–H and O–H groups in total. The van der Waals surface area contributed by atoms with Gasteiger partial charge >= 0.3 is 5.69 Å². The molecule has 1 heterocycles. The van der Waals surface area contributed by atoms with Crippen LogP contribution >= 0.6 is 35.4 Å². The molecule has 122 valence electrons. The Morgan fingerprint density at radius 2 is 1.75 bits per heavy atom. The van der Waals surface area contributed by atoms with E-state index in [4.69, 9.17) is 35.4 Å². The van der Waals surface area contributed by atoms with Crippen LogP contribution in [0.15, 0.2) is 41.2 Å². The van der Waals surface area contributed by atoms with Gasteiger partial charge in [-0.25, -0.2) is 4.79 Å². The minimum atomic E-state index is -0.415. The van der Waals surface area contributed by atoms with Crippen molar-refractivity contribution in [3.63, 3.8) is 0 Å². The van der Waals surface area contributed by atoms with E-state index in [1.54, 1.807) is 24.3 Å². The number of carbonyl (C=O) groups excluding carboxylic acids is 1. The van der Waals surface area contributed by atoms with Gasteiger partial charge < -0.3 is 15.3 Å². The second kappa shape index (κ2) is 6.64. The van der Waals surface area contributed by atoms with Crippen LogP contribution in [-0.4, -0.2) is 21.0 Å². The van der Waals surface area contributed by atoms with Crippen LogP contribution in [-0.2, 0) is 0 Å². The fraction of sp³-hybridized carbons (Fsp3) is 0. The van der Waals surface area contributed by atoms with E-state index in [0.29, 0.717) is 27.3 Å². The zero-order valence-electron chi connectivity index (χ0n) is 11.9. The molecular weight excluding hydrogens is 371 g/mol. The SMILES string of the molecule is O=C(NC(=S)Nc1ccc2[nH]c(=O)[nH]c2c1)c1ccc(Cl)c(Cl)c1. The van der Waals surface area contributed by atoms with Crippen molar-refractivity contribution >= 4 is 63.2 Å². The van der Waals surface area contributed by atoms with Gasteiger partial charge in [0, 0.05) is 11.3 Å². The fourth-order valence-electron chi connectivity index (χ4n) is 2.09. The zero-order chi connectivity index (χ0) is 17.3. The van der Waals surface area contributed by atoms with Crippen LogP contribution in [0.1, 0.15) is 10.4 Å². The van der Waals surface area contributed by atoms with E-state index in [1.165, 1.54) is 12.1 Å². The Bertz CT molecular complexity index is 1010. The largest absolute Gasteiger partial charge is 0.332 e. The van der Waals surface area contributed by atoms with Crippen LogP contribution in [0.3, 0.4) is 0 Å². The molecule has 6 nitrogen and oxygen atoms in total. The van der Waals surface area contributed by atoms with Crippen molar-refractivity contribution in [2.24, 2.45) is 0 Å². The molecule has 0 spiro atoms. The van der Waals surface area contributed by atoms with Gasteiger partial charge in [0.05, 0.1) is 21.1 Å². The van der Waals surface area contributed by atoms with Crippen molar-refractivity contribution in [2.45, 2.75) is 0 Å². The predicted octanol–water partition coefficient (Wildman–Crippen LogP) is 3.29. The highest BCUT2D eigenvalue weighted by molar-refractivity contribution is 7.80. The molecule has 3 aromatic rings. The van der Waals surface area contributed by atoms with Gasteiger partial charge in [-0.3, -0.25) is 10.1 Å². The molecule has 1 amide bonds. The van der Waals surface area contributed by atoms with Crippen molar-refractivity contribution in [3.05, 3.63) is 62.5 Å². The lowest BCUT2D eigenvalue weighted by molar-refractivity contribution is 0.0978. The summed E-state index contributed by atoms with van der Waals surface area (Å²) < 4.78 is 0. The van der Waals surface area contributed by atoms with Crippen LogP contribution in [0, 0.1) is 0 Å². The minimum absolute atomic E-state index is 0.114. The number of fused-ring (bicyclic) bond motifs is 1. The van der Waals surface area contributed by atoms with Gasteiger partial charge in [0.15, 0.2) is 5.11 Å². The van der Waals surface area contributed by atoms with Gasteiger partial charge in [-0.1, -0.05) is 23.2 Å². The number of imidazole rings is 1. The highest BCUT2D eigenvalue weighted by Crippen LogP contribution is 2.22. The summed E-state index contributed by atoms with van der Waals surface area (Å²) in [4.78, 5) is 28.7. The summed E-state index contributed by atoms with van der Waals surface area (Å²) in [5.41, 5.74) is 1.97. The van der Waals surface area contributed by atoms with E-state index >= 15 is 0 Å². The van der Waals surface area contributed by atoms with Crippen LogP contribution in [0.2, 0.25) is 10.0 Å². The molecule has 0 radical (unpaired) electrons. The molecule has 0 saturated heterocycles. The topological polar surface area (TPSA) is 89.8 Å². The molecule has 0 atom stereocenters. The van der Waals surface area contributed by atoms with Gasteiger partial charge in [0.2, 0.25) is 0 Å². The second-order valence-corrected chi connectivity index (χ2v) is 6.10. The number of benzene rings is 2. The summed E-state index contributed by atoms with van der Waals surface area (Å²) in [6.45, 7) is 0. The number of aromatic nitrogens is 2. The van der Waals surface area contributed by atoms with Gasteiger partial charge in [-0.2, -0.15) is 0 Å². The molecule has 0 fully saturated rings. The van der Waals surface area contributed by atoms with Crippen molar-refractivity contribution in [2.75, 3.05) is 5.32 Å². The lowest BCUT2D eigenvalue weighted by atomic mass is 10.2. The van der Waals surface area contributed by atoms with Gasteiger partial charge in [0.1, 0.15) is 0 Å². The molecule has 0 unspecified atom stereocenters. The minimum Gasteiger partial charge on any atom is -0.332 e. The van der Waals surface area contributed by atoms with Crippen molar-refractivity contribution in [3.8, 4) is 0 Å². The second-order valence-electron chi connectivity index (χ2n) is 4.88. The average molecular weight is 381 g/mol. The third kappa shape index (κ3) is 3.59. The Morgan fingerprint density at radius 1 is 1.00 bits per heavy atom. The standard InChI is InChI=1S/C15H10Cl2N4O2S/c16-9-3-1-7(5-10(9)17)13(22)21-15(24)18-8-2-4-11-12(6-8)20-14(23)19-11/h1-6H,(H2,19,20,23)(H2,18,21,22,24). The van der Waals surface area contributed by atoms with Gasteiger partial charge in [-0.15, -0.1) is 0 Å². The van der Waals surface area contributed by atoms with Gasteiger partial charge in [-0.05, 0) is 48.6 Å². The Labute approximate surface area is 151 Å². The number of thiocarbonyl (C=S) groups is 1. The average Bonchev–Trinajstić information content (AvgIpc) is 2.89. The molecule has 1 aromatic heterocycles. The normalized spacial score (nSPS) is 10.6. The number of hydrogen-bond donors (Lipinski definition) is 4. The van der Waals surface area contributed by atoms with Crippen LogP contribution in [0.4, 0.5) is 5.69 Å². The zero-order valence-corrected chi connectivity index (χ0v) is 14.3. The Kier molecular flexibility index (Phi) is 4.57. The van der Waals surface area contributed by atoms with E-state index in [2.05, 4.69) is 20.6 Å². The number of H-pyrrole nitrogens is 2. The molecule has 3 rings (SSSR count). The number of nitrogens with one attached hydrogen (secondary N) is 4. The highest BCUT2D eigenvalue weighted by Gasteiger charge is 2.10. The number of hydrogen-bond acceptors (Lipinski definition) is 3. The van der Waals surface area contributed by atoms with E-state index in [9.17, 15) is 9.59 Å². The number of anilines is 1. The number of carbonyl (C=O) groups is 1.